The van der Waals surface area contributed by atoms with E-state index in [-0.39, 0.29) is 18.9 Å². The van der Waals surface area contributed by atoms with Gasteiger partial charge in [-0.1, -0.05) is 31.9 Å². The van der Waals surface area contributed by atoms with Gasteiger partial charge in [0.15, 0.2) is 0 Å². The van der Waals surface area contributed by atoms with Crippen molar-refractivity contribution in [1.29, 1.82) is 0 Å². The summed E-state index contributed by atoms with van der Waals surface area (Å²) in [5, 5.41) is 0. The van der Waals surface area contributed by atoms with E-state index in [9.17, 15) is 0 Å². The van der Waals surface area contributed by atoms with Crippen molar-refractivity contribution in [2.75, 3.05) is 0 Å². The average molecular weight is 180 g/mol. The van der Waals surface area contributed by atoms with Gasteiger partial charge in [0, 0.05) is 0 Å². The average Bonchev–Trinajstić information content (AvgIpc) is 2.19. The Balaban J connectivity index is 0.00000169. The number of rotatable bonds is 5. The summed E-state index contributed by atoms with van der Waals surface area (Å²) in [6.45, 7) is 5.93. The van der Waals surface area contributed by atoms with Gasteiger partial charge in [-0.25, -0.2) is 0 Å². The van der Waals surface area contributed by atoms with Crippen LogP contribution in [0.2, 0.25) is 0 Å². The van der Waals surface area contributed by atoms with Crippen molar-refractivity contribution in [2.24, 2.45) is 0 Å². The molecule has 1 rings (SSSR count). The van der Waals surface area contributed by atoms with E-state index >= 15 is 0 Å². The van der Waals surface area contributed by atoms with Crippen LogP contribution in [0, 0.1) is 5.92 Å². The molecule has 1 heteroatoms. The number of allylic oxidation sites excluding steroid dienone is 1. The van der Waals surface area contributed by atoms with Gasteiger partial charge in [-0.15, -0.1) is 18.7 Å². The van der Waals surface area contributed by atoms with Crippen LogP contribution in [-0.2, 0) is 0 Å². The maximum absolute atomic E-state index is 3.72. The summed E-state index contributed by atoms with van der Waals surface area (Å²) in [4.78, 5) is 0. The second-order valence-electron chi connectivity index (χ2n) is 3.33. The molecule has 0 unspecified atom stereocenters. The van der Waals surface area contributed by atoms with Crippen LogP contribution in [0.5, 0.6) is 0 Å². The minimum atomic E-state index is 0. The Morgan fingerprint density at radius 3 is 2.50 bits per heavy atom. The molecule has 0 saturated carbocycles. The summed E-state index contributed by atoms with van der Waals surface area (Å²) in [6.07, 6.45) is 5.49. The van der Waals surface area contributed by atoms with E-state index in [0.717, 1.165) is 6.42 Å². The molecule has 70 valence electrons. The minimum absolute atomic E-state index is 0. The van der Waals surface area contributed by atoms with Crippen LogP contribution in [0.15, 0.2) is 43.0 Å². The van der Waals surface area contributed by atoms with Crippen LogP contribution in [0.4, 0.5) is 0 Å². The second kappa shape index (κ2) is 7.80. The van der Waals surface area contributed by atoms with Gasteiger partial charge in [-0.05, 0) is 6.42 Å². The van der Waals surface area contributed by atoms with Gasteiger partial charge in [0.1, 0.15) is 0 Å². The van der Waals surface area contributed by atoms with Gasteiger partial charge < -0.3 is 0 Å². The molecule has 0 aromatic heterocycles. The van der Waals surface area contributed by atoms with E-state index in [2.05, 4.69) is 43.8 Å². The third kappa shape index (κ3) is 4.60. The zero-order valence-corrected chi connectivity index (χ0v) is 9.29. The van der Waals surface area contributed by atoms with Gasteiger partial charge >= 0.3 is 18.9 Å². The first-order valence-corrected chi connectivity index (χ1v) is 4.83. The summed E-state index contributed by atoms with van der Waals surface area (Å²) in [6, 6.07) is 10.6. The molecular formula is C13H17Li. The Morgan fingerprint density at radius 2 is 1.93 bits per heavy atom. The zero-order chi connectivity index (χ0) is 9.52. The van der Waals surface area contributed by atoms with Gasteiger partial charge in [-0.2, -0.15) is 23.6 Å². The van der Waals surface area contributed by atoms with Crippen LogP contribution >= 0.6 is 0 Å². The monoisotopic (exact) mass is 180 g/mol. The SMILES string of the molecule is C=CCCC[C-](C)c1ccccc1.[Li+]. The van der Waals surface area contributed by atoms with Crippen molar-refractivity contribution >= 4 is 0 Å². The van der Waals surface area contributed by atoms with Crippen LogP contribution in [0.1, 0.15) is 31.7 Å². The topological polar surface area (TPSA) is 0 Å². The molecule has 0 saturated heterocycles. The van der Waals surface area contributed by atoms with Crippen LogP contribution in [-0.4, -0.2) is 0 Å². The first-order chi connectivity index (χ1) is 6.34. The maximum atomic E-state index is 3.72. The summed E-state index contributed by atoms with van der Waals surface area (Å²) >= 11 is 0. The van der Waals surface area contributed by atoms with Gasteiger partial charge in [-0.3, -0.25) is 0 Å². The molecule has 0 spiro atoms. The van der Waals surface area contributed by atoms with Crippen molar-refractivity contribution in [3.8, 4) is 0 Å². The van der Waals surface area contributed by atoms with E-state index in [0.29, 0.717) is 0 Å². The number of hydrogen-bond acceptors (Lipinski definition) is 0. The van der Waals surface area contributed by atoms with E-state index in [1.165, 1.54) is 24.3 Å². The first kappa shape index (κ1) is 13.4. The Morgan fingerprint density at radius 1 is 1.29 bits per heavy atom. The quantitative estimate of drug-likeness (QED) is 0.274. The fraction of sp³-hybridized carbons (Fsp3) is 0.308. The third-order valence-corrected chi connectivity index (χ3v) is 2.23. The van der Waals surface area contributed by atoms with Crippen molar-refractivity contribution < 1.29 is 18.9 Å². The summed E-state index contributed by atoms with van der Waals surface area (Å²) < 4.78 is 0. The van der Waals surface area contributed by atoms with E-state index < -0.39 is 0 Å². The Kier molecular flexibility index (Phi) is 7.48. The van der Waals surface area contributed by atoms with Crippen LogP contribution < -0.4 is 18.9 Å². The fourth-order valence-electron chi connectivity index (χ4n) is 1.38. The third-order valence-electron chi connectivity index (χ3n) is 2.23. The minimum Gasteiger partial charge on any atom is -0.189 e. The number of unbranched alkanes of at least 4 members (excludes halogenated alkanes) is 1. The molecule has 0 atom stereocenters. The number of benzene rings is 1. The van der Waals surface area contributed by atoms with E-state index in [4.69, 9.17) is 0 Å². The van der Waals surface area contributed by atoms with Crippen molar-refractivity contribution in [1.82, 2.24) is 0 Å². The summed E-state index contributed by atoms with van der Waals surface area (Å²) in [7, 11) is 0. The molecule has 0 N–H and O–H groups in total. The fourth-order valence-corrected chi connectivity index (χ4v) is 1.38. The molecule has 0 radical (unpaired) electrons. The molecule has 0 aliphatic carbocycles. The molecule has 0 amide bonds. The zero-order valence-electron chi connectivity index (χ0n) is 9.29. The van der Waals surface area contributed by atoms with Crippen LogP contribution in [0.3, 0.4) is 0 Å². The molecule has 0 heterocycles. The second-order valence-corrected chi connectivity index (χ2v) is 3.33. The predicted molar refractivity (Wildman–Crippen MR) is 58.5 cm³/mol. The molecule has 14 heavy (non-hydrogen) atoms. The molecule has 1 aromatic carbocycles. The van der Waals surface area contributed by atoms with Gasteiger partial charge in [0.25, 0.3) is 0 Å². The largest absolute Gasteiger partial charge is 1.00 e. The summed E-state index contributed by atoms with van der Waals surface area (Å²) in [5.41, 5.74) is 1.37. The van der Waals surface area contributed by atoms with E-state index in [1.807, 2.05) is 6.08 Å². The summed E-state index contributed by atoms with van der Waals surface area (Å²) in [5.74, 6) is 1.47. The molecule has 1 aromatic rings. The predicted octanol–water partition coefficient (Wildman–Crippen LogP) is 0.989. The standard InChI is InChI=1S/C13H17.Li/c1-3-4-6-9-12(2)13-10-7-5-8-11-13;/h3,5,7-8,10-11H,1,4,6,9H2,2H3;/q-1;+1. The normalized spacial score (nSPS) is 8.93. The molecule has 0 fully saturated rings. The maximum Gasteiger partial charge on any atom is 1.00 e. The van der Waals surface area contributed by atoms with Crippen molar-refractivity contribution in [3.63, 3.8) is 0 Å². The molecule has 0 aliphatic rings. The van der Waals surface area contributed by atoms with Gasteiger partial charge in [0.2, 0.25) is 0 Å². The molecule has 0 aliphatic heterocycles. The first-order valence-electron chi connectivity index (χ1n) is 4.83. The Hall–Kier alpha value is -0.573. The van der Waals surface area contributed by atoms with Gasteiger partial charge in [0.05, 0.1) is 0 Å². The van der Waals surface area contributed by atoms with Crippen molar-refractivity contribution in [2.45, 2.75) is 26.2 Å². The molecule has 0 nitrogen and oxygen atoms in total. The molecular weight excluding hydrogens is 163 g/mol. The van der Waals surface area contributed by atoms with E-state index in [1.54, 1.807) is 0 Å². The van der Waals surface area contributed by atoms with Crippen LogP contribution in [0.25, 0.3) is 0 Å². The Bertz CT molecular complexity index is 241. The van der Waals surface area contributed by atoms with Crippen molar-refractivity contribution in [3.05, 3.63) is 54.5 Å². The Labute approximate surface area is 99.6 Å². The smallest absolute Gasteiger partial charge is 0.189 e. The molecule has 0 bridgehead atoms. The number of hydrogen-bond donors (Lipinski definition) is 0.